The van der Waals surface area contributed by atoms with Crippen molar-refractivity contribution in [2.24, 2.45) is 0 Å². The number of aryl methyl sites for hydroxylation is 1. The fraction of sp³-hybridized carbons (Fsp3) is 0.294. The summed E-state index contributed by atoms with van der Waals surface area (Å²) in [5, 5.41) is 4.55. The van der Waals surface area contributed by atoms with Crippen LogP contribution in [-0.4, -0.2) is 23.2 Å². The van der Waals surface area contributed by atoms with Crippen LogP contribution in [0.5, 0.6) is 11.5 Å². The molecule has 6 heteroatoms. The van der Waals surface area contributed by atoms with Gasteiger partial charge in [0.1, 0.15) is 30.2 Å². The van der Waals surface area contributed by atoms with Crippen molar-refractivity contribution in [3.8, 4) is 11.5 Å². The van der Waals surface area contributed by atoms with E-state index in [0.717, 1.165) is 33.1 Å². The molecule has 1 aromatic carbocycles. The van der Waals surface area contributed by atoms with Gasteiger partial charge in [0.15, 0.2) is 11.5 Å². The number of anilines is 1. The van der Waals surface area contributed by atoms with Crippen LogP contribution >= 0.6 is 11.3 Å². The Morgan fingerprint density at radius 3 is 2.83 bits per heavy atom. The minimum Gasteiger partial charge on any atom is -0.486 e. The van der Waals surface area contributed by atoms with E-state index in [4.69, 9.17) is 9.47 Å². The van der Waals surface area contributed by atoms with Crippen molar-refractivity contribution in [2.45, 2.75) is 19.9 Å². The molecule has 0 radical (unpaired) electrons. The fourth-order valence-corrected chi connectivity index (χ4v) is 3.56. The SMILES string of the molecule is Cc1cc2c(NC(C)c3ccc4c(c3)OCCO4)ncnc2s1. The second-order valence-corrected chi connectivity index (χ2v) is 6.80. The van der Waals surface area contributed by atoms with E-state index in [-0.39, 0.29) is 6.04 Å². The lowest BCUT2D eigenvalue weighted by molar-refractivity contribution is 0.171. The van der Waals surface area contributed by atoms with E-state index in [1.165, 1.54) is 4.88 Å². The van der Waals surface area contributed by atoms with Gasteiger partial charge in [0, 0.05) is 4.88 Å². The Balaban J connectivity index is 1.63. The molecule has 0 spiro atoms. The van der Waals surface area contributed by atoms with E-state index >= 15 is 0 Å². The number of nitrogens with one attached hydrogen (secondary N) is 1. The zero-order valence-electron chi connectivity index (χ0n) is 13.0. The van der Waals surface area contributed by atoms with Crippen molar-refractivity contribution in [3.63, 3.8) is 0 Å². The Morgan fingerprint density at radius 1 is 1.13 bits per heavy atom. The first kappa shape index (κ1) is 14.3. The third kappa shape index (κ3) is 2.70. The van der Waals surface area contributed by atoms with Crippen molar-refractivity contribution in [1.29, 1.82) is 0 Å². The molecule has 1 aliphatic heterocycles. The van der Waals surface area contributed by atoms with Crippen LogP contribution < -0.4 is 14.8 Å². The molecule has 5 nitrogen and oxygen atoms in total. The monoisotopic (exact) mass is 327 g/mol. The summed E-state index contributed by atoms with van der Waals surface area (Å²) in [6.07, 6.45) is 1.61. The molecule has 3 aromatic rings. The van der Waals surface area contributed by atoms with Gasteiger partial charge in [-0.15, -0.1) is 11.3 Å². The first-order chi connectivity index (χ1) is 11.2. The van der Waals surface area contributed by atoms with Gasteiger partial charge in [-0.1, -0.05) is 6.07 Å². The predicted octanol–water partition coefficient (Wildman–Crippen LogP) is 3.94. The molecule has 1 aliphatic rings. The van der Waals surface area contributed by atoms with E-state index in [0.29, 0.717) is 13.2 Å². The van der Waals surface area contributed by atoms with Gasteiger partial charge in [-0.3, -0.25) is 0 Å². The molecule has 118 valence electrons. The number of thiophene rings is 1. The Hall–Kier alpha value is -2.34. The summed E-state index contributed by atoms with van der Waals surface area (Å²) in [4.78, 5) is 11.0. The van der Waals surface area contributed by atoms with Crippen LogP contribution in [-0.2, 0) is 0 Å². The van der Waals surface area contributed by atoms with Crippen LogP contribution in [0.15, 0.2) is 30.6 Å². The van der Waals surface area contributed by atoms with Crippen molar-refractivity contribution in [2.75, 3.05) is 18.5 Å². The molecular formula is C17H17N3O2S. The number of rotatable bonds is 3. The fourth-order valence-electron chi connectivity index (χ4n) is 2.71. The molecule has 3 heterocycles. The molecule has 0 fully saturated rings. The quantitative estimate of drug-likeness (QED) is 0.789. The summed E-state index contributed by atoms with van der Waals surface area (Å²) in [5.41, 5.74) is 1.13. The third-order valence-corrected chi connectivity index (χ3v) is 4.83. The van der Waals surface area contributed by atoms with Crippen LogP contribution in [0, 0.1) is 6.92 Å². The molecule has 4 rings (SSSR count). The van der Waals surface area contributed by atoms with E-state index in [9.17, 15) is 0 Å². The first-order valence-electron chi connectivity index (χ1n) is 7.58. The summed E-state index contributed by atoms with van der Waals surface area (Å²) in [5.74, 6) is 2.48. The second-order valence-electron chi connectivity index (χ2n) is 5.57. The number of aromatic nitrogens is 2. The lowest BCUT2D eigenvalue weighted by atomic mass is 10.1. The van der Waals surface area contributed by atoms with Crippen LogP contribution in [0.25, 0.3) is 10.2 Å². The van der Waals surface area contributed by atoms with Gasteiger partial charge in [0.05, 0.1) is 11.4 Å². The van der Waals surface area contributed by atoms with Crippen molar-refractivity contribution in [3.05, 3.63) is 41.0 Å². The van der Waals surface area contributed by atoms with Crippen LogP contribution in [0.1, 0.15) is 23.4 Å². The molecular weight excluding hydrogens is 310 g/mol. The lowest BCUT2D eigenvalue weighted by Crippen LogP contribution is -2.16. The summed E-state index contributed by atoms with van der Waals surface area (Å²) in [6, 6.07) is 8.28. The van der Waals surface area contributed by atoms with E-state index in [2.05, 4.69) is 41.3 Å². The van der Waals surface area contributed by atoms with Crippen LogP contribution in [0.2, 0.25) is 0 Å². The maximum atomic E-state index is 5.66. The average Bonchev–Trinajstić information content (AvgIpc) is 2.95. The van der Waals surface area contributed by atoms with Gasteiger partial charge in [-0.25, -0.2) is 9.97 Å². The van der Waals surface area contributed by atoms with E-state index < -0.39 is 0 Å². The second kappa shape index (κ2) is 5.70. The number of ether oxygens (including phenoxy) is 2. The molecule has 0 aliphatic carbocycles. The summed E-state index contributed by atoms with van der Waals surface area (Å²) < 4.78 is 11.2. The van der Waals surface area contributed by atoms with Gasteiger partial charge in [0.25, 0.3) is 0 Å². The van der Waals surface area contributed by atoms with Gasteiger partial charge < -0.3 is 14.8 Å². The molecule has 2 aromatic heterocycles. The summed E-state index contributed by atoms with van der Waals surface area (Å²) in [7, 11) is 0. The largest absolute Gasteiger partial charge is 0.486 e. The highest BCUT2D eigenvalue weighted by atomic mass is 32.1. The number of hydrogen-bond acceptors (Lipinski definition) is 6. The van der Waals surface area contributed by atoms with Gasteiger partial charge in [-0.05, 0) is 37.6 Å². The molecule has 1 atom stereocenters. The van der Waals surface area contributed by atoms with Crippen molar-refractivity contribution in [1.82, 2.24) is 9.97 Å². The van der Waals surface area contributed by atoms with Crippen molar-refractivity contribution < 1.29 is 9.47 Å². The standard InChI is InChI=1S/C17H17N3O2S/c1-10-7-13-16(18-9-19-17(13)23-10)20-11(2)12-3-4-14-15(8-12)22-6-5-21-14/h3-4,7-9,11H,5-6H2,1-2H3,(H,18,19,20). The average molecular weight is 327 g/mol. The van der Waals surface area contributed by atoms with E-state index in [1.807, 2.05) is 12.1 Å². The molecule has 1 unspecified atom stereocenters. The number of hydrogen-bond donors (Lipinski definition) is 1. The predicted molar refractivity (Wildman–Crippen MR) is 91.6 cm³/mol. The number of nitrogens with zero attached hydrogens (tertiary/aromatic N) is 2. The third-order valence-electron chi connectivity index (χ3n) is 3.87. The van der Waals surface area contributed by atoms with Gasteiger partial charge in [-0.2, -0.15) is 0 Å². The topological polar surface area (TPSA) is 56.3 Å². The van der Waals surface area contributed by atoms with Crippen molar-refractivity contribution >= 4 is 27.4 Å². The Kier molecular flexibility index (Phi) is 3.53. The maximum absolute atomic E-state index is 5.66. The molecule has 0 saturated heterocycles. The minimum atomic E-state index is 0.101. The molecule has 0 amide bonds. The zero-order valence-corrected chi connectivity index (χ0v) is 13.8. The molecule has 23 heavy (non-hydrogen) atoms. The normalized spacial score (nSPS) is 14.7. The van der Waals surface area contributed by atoms with Gasteiger partial charge in [0.2, 0.25) is 0 Å². The number of benzene rings is 1. The highest BCUT2D eigenvalue weighted by Crippen LogP contribution is 2.34. The zero-order chi connectivity index (χ0) is 15.8. The maximum Gasteiger partial charge on any atom is 0.161 e. The number of fused-ring (bicyclic) bond motifs is 2. The lowest BCUT2D eigenvalue weighted by Gasteiger charge is -2.21. The van der Waals surface area contributed by atoms with Gasteiger partial charge >= 0.3 is 0 Å². The summed E-state index contributed by atoms with van der Waals surface area (Å²) >= 11 is 1.68. The highest BCUT2D eigenvalue weighted by Gasteiger charge is 2.16. The highest BCUT2D eigenvalue weighted by molar-refractivity contribution is 7.18. The first-order valence-corrected chi connectivity index (χ1v) is 8.39. The minimum absolute atomic E-state index is 0.101. The molecule has 0 saturated carbocycles. The molecule has 1 N–H and O–H groups in total. The molecule has 0 bridgehead atoms. The van der Waals surface area contributed by atoms with Crippen LogP contribution in [0.3, 0.4) is 0 Å². The Bertz CT molecular complexity index is 862. The Morgan fingerprint density at radius 2 is 1.96 bits per heavy atom. The summed E-state index contributed by atoms with van der Waals surface area (Å²) in [6.45, 7) is 5.40. The Labute approximate surface area is 138 Å². The smallest absolute Gasteiger partial charge is 0.161 e. The van der Waals surface area contributed by atoms with Crippen LogP contribution in [0.4, 0.5) is 5.82 Å². The van der Waals surface area contributed by atoms with E-state index in [1.54, 1.807) is 17.7 Å².